The number of carbonyl (C=O) groups is 4. The number of imidazole rings is 2. The van der Waals surface area contributed by atoms with Gasteiger partial charge in [-0.05, 0) is 84.3 Å². The second kappa shape index (κ2) is 15.3. The lowest BCUT2D eigenvalue weighted by Crippen LogP contribution is -2.51. The number of allylic oxidation sites excluding steroid dienone is 4. The van der Waals surface area contributed by atoms with Gasteiger partial charge in [0.15, 0.2) is 0 Å². The molecule has 6 N–H and O–H groups in total. The van der Waals surface area contributed by atoms with Gasteiger partial charge >= 0.3 is 12.2 Å². The number of H-pyrrole nitrogens is 2. The van der Waals surface area contributed by atoms with Crippen molar-refractivity contribution in [3.05, 3.63) is 71.6 Å². The average Bonchev–Trinajstić information content (AvgIpc) is 3.97. The van der Waals surface area contributed by atoms with E-state index in [2.05, 4.69) is 74.5 Å². The molecule has 1 aliphatic carbocycles. The zero-order chi connectivity index (χ0) is 40.1. The lowest BCUT2D eigenvalue weighted by molar-refractivity contribution is -0.136. The minimum Gasteiger partial charge on any atom is -0.465 e. The van der Waals surface area contributed by atoms with Crippen molar-refractivity contribution in [3.63, 3.8) is 0 Å². The first-order valence-corrected chi connectivity index (χ1v) is 22.1. The highest BCUT2D eigenvalue weighted by Gasteiger charge is 2.43. The van der Waals surface area contributed by atoms with Crippen LogP contribution in [-0.2, 0) is 9.59 Å². The van der Waals surface area contributed by atoms with Crippen LogP contribution in [0.1, 0.15) is 88.4 Å². The highest BCUT2D eigenvalue weighted by Crippen LogP contribution is 2.52. The molecular formula is C41H52N8O6S. The van der Waals surface area contributed by atoms with E-state index in [0.29, 0.717) is 18.2 Å². The molecule has 0 saturated carbocycles. The standard InChI is InChI=1S/C41H52N8O6S/c1-22(2)33(46-40(52)53)38(50)48-17-7-8-31(48)36-42-19-30(44-36)25-11-9-24(10-12-25)26-13-15-28-27(18-26)14-16-29-35(28)45-37(43-29)32-20-56(5,6)21-49(32)39(51)34(23(3)4)47-41(54)55/h9,11,13-16,18-19,22-23,31-34,46-47H,7-8,10,12,17,20-21H2,1-6H3,(H,42,44)(H,43,45)(H,52,53)(H,54,55)/t31-,32-,33-,34-/m0/s1. The molecule has 2 saturated heterocycles. The van der Waals surface area contributed by atoms with E-state index in [1.165, 1.54) is 5.57 Å². The molecule has 0 unspecified atom stereocenters. The van der Waals surface area contributed by atoms with Gasteiger partial charge in [0.25, 0.3) is 0 Å². The van der Waals surface area contributed by atoms with Crippen LogP contribution in [0.4, 0.5) is 9.59 Å². The van der Waals surface area contributed by atoms with Gasteiger partial charge in [0, 0.05) is 17.7 Å². The first-order valence-electron chi connectivity index (χ1n) is 19.3. The number of aromatic nitrogens is 4. The Balaban J connectivity index is 1.09. The number of likely N-dealkylation sites (tertiary alicyclic amines) is 1. The summed E-state index contributed by atoms with van der Waals surface area (Å²) in [7, 11) is -1.14. The minimum absolute atomic E-state index is 0.183. The molecule has 3 aliphatic rings. The summed E-state index contributed by atoms with van der Waals surface area (Å²) in [5, 5.41) is 25.7. The number of hydrogen-bond donors (Lipinski definition) is 6. The number of hydrogen-bond acceptors (Lipinski definition) is 6. The smallest absolute Gasteiger partial charge is 0.405 e. The molecule has 56 heavy (non-hydrogen) atoms. The van der Waals surface area contributed by atoms with E-state index in [1.807, 2.05) is 44.9 Å². The monoisotopic (exact) mass is 784 g/mol. The van der Waals surface area contributed by atoms with Gasteiger partial charge in [0.05, 0.1) is 40.9 Å². The fourth-order valence-electron chi connectivity index (χ4n) is 8.40. The lowest BCUT2D eigenvalue weighted by Gasteiger charge is -2.30. The van der Waals surface area contributed by atoms with E-state index < -0.39 is 34.3 Å². The van der Waals surface area contributed by atoms with E-state index in [1.54, 1.807) is 4.90 Å². The van der Waals surface area contributed by atoms with Crippen molar-refractivity contribution in [1.29, 1.82) is 0 Å². The summed E-state index contributed by atoms with van der Waals surface area (Å²) in [6.45, 7) is 7.93. The predicted molar refractivity (Wildman–Crippen MR) is 219 cm³/mol. The van der Waals surface area contributed by atoms with Gasteiger partial charge in [0.1, 0.15) is 23.7 Å². The molecule has 2 aromatic heterocycles. The average molecular weight is 785 g/mol. The van der Waals surface area contributed by atoms with Gasteiger partial charge in [-0.2, -0.15) is 0 Å². The molecule has 4 aromatic rings. The fourth-order valence-corrected chi connectivity index (χ4v) is 10.8. The van der Waals surface area contributed by atoms with Crippen LogP contribution in [0.5, 0.6) is 0 Å². The first-order chi connectivity index (χ1) is 26.6. The SMILES string of the molecule is CC(C)[C@H](NC(=O)O)C(=O)N1CCC[C@H]1c1ncc(C2=CC=C(c3ccc4c(ccc5nc([C@@H]6CS(C)(C)CN6C(=O)[C@@H](NC(=O)O)C(C)C)[nH]c54)c3)CC2)[nH]1. The number of benzene rings is 2. The summed E-state index contributed by atoms with van der Waals surface area (Å²) in [5.41, 5.74) is 6.14. The summed E-state index contributed by atoms with van der Waals surface area (Å²) < 4.78 is 0. The van der Waals surface area contributed by atoms with Crippen LogP contribution in [0.2, 0.25) is 0 Å². The fraction of sp³-hybridized carbons (Fsp3) is 0.463. The van der Waals surface area contributed by atoms with Crippen molar-refractivity contribution in [1.82, 2.24) is 40.4 Å². The number of fused-ring (bicyclic) bond motifs is 3. The summed E-state index contributed by atoms with van der Waals surface area (Å²) in [4.78, 5) is 70.4. The number of rotatable bonds is 10. The van der Waals surface area contributed by atoms with E-state index in [9.17, 15) is 29.4 Å². The first kappa shape index (κ1) is 38.9. The van der Waals surface area contributed by atoms with E-state index in [4.69, 9.17) is 4.98 Å². The highest BCUT2D eigenvalue weighted by molar-refractivity contribution is 8.32. The molecule has 0 radical (unpaired) electrons. The van der Waals surface area contributed by atoms with Crippen LogP contribution in [0.3, 0.4) is 0 Å². The number of carboxylic acid groups (broad SMARTS) is 2. The number of aromatic amines is 2. The number of amides is 4. The molecule has 0 spiro atoms. The maximum Gasteiger partial charge on any atom is 0.405 e. The number of carbonyl (C=O) groups excluding carboxylic acids is 2. The van der Waals surface area contributed by atoms with E-state index in [-0.39, 0.29) is 35.7 Å². The quantitative estimate of drug-likeness (QED) is 0.100. The highest BCUT2D eigenvalue weighted by atomic mass is 32.3. The molecule has 4 heterocycles. The van der Waals surface area contributed by atoms with Gasteiger partial charge in [-0.15, -0.1) is 0 Å². The molecule has 15 heteroatoms. The molecule has 14 nitrogen and oxygen atoms in total. The van der Waals surface area contributed by atoms with E-state index >= 15 is 0 Å². The van der Waals surface area contributed by atoms with Crippen LogP contribution >= 0.6 is 10.0 Å². The third kappa shape index (κ3) is 7.73. The van der Waals surface area contributed by atoms with Crippen LogP contribution in [0.15, 0.2) is 48.7 Å². The Kier molecular flexibility index (Phi) is 10.7. The molecule has 298 valence electrons. The Morgan fingerprint density at radius 1 is 0.839 bits per heavy atom. The number of nitrogens with one attached hydrogen (secondary N) is 4. The summed E-state index contributed by atoms with van der Waals surface area (Å²) in [6, 6.07) is 8.40. The maximum atomic E-state index is 13.8. The molecule has 4 atom stereocenters. The lowest BCUT2D eigenvalue weighted by atomic mass is 9.91. The maximum absolute atomic E-state index is 13.8. The third-order valence-electron chi connectivity index (χ3n) is 11.3. The van der Waals surface area contributed by atoms with Crippen molar-refractivity contribution in [2.45, 2.75) is 77.5 Å². The second-order valence-corrected chi connectivity index (χ2v) is 20.6. The minimum atomic E-state index is -1.21. The van der Waals surface area contributed by atoms with Gasteiger partial charge in [-0.25, -0.2) is 29.6 Å². The van der Waals surface area contributed by atoms with Crippen LogP contribution in [0.25, 0.3) is 33.0 Å². The Labute approximate surface area is 327 Å². The zero-order valence-corrected chi connectivity index (χ0v) is 33.6. The van der Waals surface area contributed by atoms with Gasteiger partial charge in [0.2, 0.25) is 11.8 Å². The van der Waals surface area contributed by atoms with Crippen molar-refractivity contribution in [3.8, 4) is 0 Å². The van der Waals surface area contributed by atoms with Gasteiger partial charge in [-0.3, -0.25) is 9.59 Å². The molecule has 2 aromatic carbocycles. The van der Waals surface area contributed by atoms with Crippen LogP contribution in [0, 0.1) is 11.8 Å². The predicted octanol–water partition coefficient (Wildman–Crippen LogP) is 6.85. The Bertz CT molecular complexity index is 2260. The van der Waals surface area contributed by atoms with Crippen molar-refractivity contribution >= 4 is 67.0 Å². The molecule has 0 bridgehead atoms. The van der Waals surface area contributed by atoms with Crippen molar-refractivity contribution in [2.75, 3.05) is 30.7 Å². The van der Waals surface area contributed by atoms with Crippen LogP contribution in [-0.4, -0.2) is 107 Å². The Morgan fingerprint density at radius 2 is 1.50 bits per heavy atom. The van der Waals surface area contributed by atoms with E-state index in [0.717, 1.165) is 75.9 Å². The topological polar surface area (TPSA) is 197 Å². The molecular weight excluding hydrogens is 733 g/mol. The molecule has 2 fully saturated rings. The largest absolute Gasteiger partial charge is 0.465 e. The van der Waals surface area contributed by atoms with Crippen molar-refractivity contribution < 1.29 is 29.4 Å². The van der Waals surface area contributed by atoms with Gasteiger partial charge in [-0.1, -0.05) is 58.0 Å². The Morgan fingerprint density at radius 3 is 2.14 bits per heavy atom. The third-order valence-corrected chi connectivity index (χ3v) is 13.5. The summed E-state index contributed by atoms with van der Waals surface area (Å²) in [6.07, 6.45) is 11.3. The molecule has 7 rings (SSSR count). The van der Waals surface area contributed by atoms with Crippen molar-refractivity contribution in [2.24, 2.45) is 11.8 Å². The molecule has 2 aliphatic heterocycles. The summed E-state index contributed by atoms with van der Waals surface area (Å²) in [5.74, 6) is 1.98. The normalized spacial score (nSPS) is 21.3. The summed E-state index contributed by atoms with van der Waals surface area (Å²) >= 11 is 0. The second-order valence-electron chi connectivity index (χ2n) is 16.5. The van der Waals surface area contributed by atoms with Gasteiger partial charge < -0.3 is 40.6 Å². The molecule has 4 amide bonds. The van der Waals surface area contributed by atoms with Crippen LogP contribution < -0.4 is 10.6 Å². The Hall–Kier alpha value is -5.31. The zero-order valence-electron chi connectivity index (χ0n) is 32.8. The number of nitrogens with zero attached hydrogens (tertiary/aromatic N) is 4.